The van der Waals surface area contributed by atoms with Gasteiger partial charge in [0.1, 0.15) is 0 Å². The zero-order valence-corrected chi connectivity index (χ0v) is 9.93. The molecule has 1 unspecified atom stereocenters. The Morgan fingerprint density at radius 2 is 2.12 bits per heavy atom. The molecule has 1 spiro atoms. The van der Waals surface area contributed by atoms with Crippen LogP contribution in [0.3, 0.4) is 0 Å². The molecule has 1 aromatic carbocycles. The summed E-state index contributed by atoms with van der Waals surface area (Å²) in [6, 6.07) is 8.59. The summed E-state index contributed by atoms with van der Waals surface area (Å²) in [5.74, 6) is 0. The van der Waals surface area contributed by atoms with Crippen LogP contribution in [0, 0.1) is 0 Å². The summed E-state index contributed by atoms with van der Waals surface area (Å²) in [5, 5.41) is 0. The summed E-state index contributed by atoms with van der Waals surface area (Å²) in [7, 11) is 0. The van der Waals surface area contributed by atoms with Crippen LogP contribution in [0.25, 0.3) is 0 Å². The van der Waals surface area contributed by atoms with E-state index >= 15 is 0 Å². The zero-order valence-electron chi connectivity index (χ0n) is 9.93. The number of aryl methyl sites for hydroxylation is 1. The van der Waals surface area contributed by atoms with Crippen molar-refractivity contribution in [3.8, 4) is 0 Å². The predicted molar refractivity (Wildman–Crippen MR) is 67.3 cm³/mol. The molecule has 0 aromatic heterocycles. The van der Waals surface area contributed by atoms with Gasteiger partial charge in [-0.1, -0.05) is 30.3 Å². The second-order valence-corrected chi connectivity index (χ2v) is 4.98. The summed E-state index contributed by atoms with van der Waals surface area (Å²) >= 11 is 0. The van der Waals surface area contributed by atoms with Crippen molar-refractivity contribution in [2.45, 2.75) is 37.6 Å². The third-order valence-electron chi connectivity index (χ3n) is 4.15. The molecule has 17 heavy (non-hydrogen) atoms. The van der Waals surface area contributed by atoms with Crippen molar-refractivity contribution < 1.29 is 4.79 Å². The van der Waals surface area contributed by atoms with Crippen LogP contribution in [-0.2, 0) is 16.8 Å². The number of nitrogens with zero attached hydrogens (tertiary/aromatic N) is 1. The average molecular weight is 227 g/mol. The number of hydrogen-bond acceptors (Lipinski definition) is 1. The maximum absolute atomic E-state index is 11.3. The Hall–Kier alpha value is -1.57. The molecule has 0 N–H and O–H groups in total. The lowest BCUT2D eigenvalue weighted by Gasteiger charge is -2.46. The first-order chi connectivity index (χ1) is 8.37. The number of carbonyl (C=O) groups excluding carboxylic acids is 1. The molecule has 0 radical (unpaired) electrons. The van der Waals surface area contributed by atoms with Gasteiger partial charge in [-0.3, -0.25) is 4.79 Å². The first kappa shape index (κ1) is 10.6. The van der Waals surface area contributed by atoms with Crippen molar-refractivity contribution in [2.24, 2.45) is 0 Å². The van der Waals surface area contributed by atoms with Gasteiger partial charge in [0.15, 0.2) is 0 Å². The number of hydrogen-bond donors (Lipinski definition) is 0. The van der Waals surface area contributed by atoms with E-state index in [1.54, 1.807) is 0 Å². The number of allylic oxidation sites excluding steroid dienone is 1. The van der Waals surface area contributed by atoms with Crippen LogP contribution in [0.1, 0.15) is 36.8 Å². The fourth-order valence-electron chi connectivity index (χ4n) is 3.34. The summed E-state index contributed by atoms with van der Waals surface area (Å²) < 4.78 is 0. The van der Waals surface area contributed by atoms with Crippen molar-refractivity contribution >= 4 is 6.41 Å². The minimum Gasteiger partial charge on any atom is -0.312 e. The number of fused-ring (bicyclic) bond motifs is 2. The van der Waals surface area contributed by atoms with Crippen LogP contribution in [0.2, 0.25) is 0 Å². The highest BCUT2D eigenvalue weighted by Gasteiger charge is 2.41. The van der Waals surface area contributed by atoms with Crippen molar-refractivity contribution in [2.75, 3.05) is 0 Å². The molecule has 0 bridgehead atoms. The van der Waals surface area contributed by atoms with Gasteiger partial charge in [0, 0.05) is 6.20 Å². The second-order valence-electron chi connectivity index (χ2n) is 4.98. The lowest BCUT2D eigenvalue weighted by molar-refractivity contribution is -0.122. The fraction of sp³-hybridized carbons (Fsp3) is 0.400. The maximum atomic E-state index is 11.3. The molecule has 0 saturated carbocycles. The lowest BCUT2D eigenvalue weighted by atomic mass is 9.72. The molecule has 1 atom stereocenters. The molecule has 1 aliphatic carbocycles. The summed E-state index contributed by atoms with van der Waals surface area (Å²) in [4.78, 5) is 13.2. The normalized spacial score (nSPS) is 26.9. The monoisotopic (exact) mass is 227 g/mol. The first-order valence-electron chi connectivity index (χ1n) is 6.36. The molecule has 1 heterocycles. The predicted octanol–water partition coefficient (Wildman–Crippen LogP) is 2.98. The van der Waals surface area contributed by atoms with E-state index in [9.17, 15) is 4.79 Å². The fourth-order valence-corrected chi connectivity index (χ4v) is 3.34. The largest absolute Gasteiger partial charge is 0.312 e. The van der Waals surface area contributed by atoms with Gasteiger partial charge in [0.2, 0.25) is 6.41 Å². The number of benzene rings is 1. The molecular formula is C15H17NO. The van der Waals surface area contributed by atoms with Crippen molar-refractivity contribution in [1.82, 2.24) is 4.90 Å². The van der Waals surface area contributed by atoms with Gasteiger partial charge in [-0.2, -0.15) is 0 Å². The first-order valence-corrected chi connectivity index (χ1v) is 6.36. The third kappa shape index (κ3) is 1.51. The van der Waals surface area contributed by atoms with E-state index in [4.69, 9.17) is 0 Å². The molecular weight excluding hydrogens is 210 g/mol. The molecule has 0 saturated heterocycles. The molecule has 1 amide bonds. The van der Waals surface area contributed by atoms with E-state index in [0.29, 0.717) is 0 Å². The highest BCUT2D eigenvalue weighted by atomic mass is 16.1. The molecule has 2 aliphatic rings. The van der Waals surface area contributed by atoms with Crippen molar-refractivity contribution in [3.05, 3.63) is 47.7 Å². The topological polar surface area (TPSA) is 20.3 Å². The van der Waals surface area contributed by atoms with Crippen LogP contribution >= 0.6 is 0 Å². The van der Waals surface area contributed by atoms with Gasteiger partial charge in [0.25, 0.3) is 0 Å². The van der Waals surface area contributed by atoms with Crippen LogP contribution in [0.5, 0.6) is 0 Å². The Balaban J connectivity index is 2.14. The highest BCUT2D eigenvalue weighted by Crippen LogP contribution is 2.44. The Morgan fingerprint density at radius 1 is 1.24 bits per heavy atom. The van der Waals surface area contributed by atoms with Crippen molar-refractivity contribution in [3.63, 3.8) is 0 Å². The molecule has 1 aliphatic heterocycles. The molecule has 0 fully saturated rings. The lowest BCUT2D eigenvalue weighted by Crippen LogP contribution is -2.46. The van der Waals surface area contributed by atoms with Crippen molar-refractivity contribution in [1.29, 1.82) is 0 Å². The maximum Gasteiger partial charge on any atom is 0.214 e. The average Bonchev–Trinajstić information content (AvgIpc) is 2.40. The van der Waals surface area contributed by atoms with Crippen LogP contribution in [-0.4, -0.2) is 11.3 Å². The van der Waals surface area contributed by atoms with E-state index in [1.807, 2.05) is 11.1 Å². The second kappa shape index (κ2) is 4.02. The third-order valence-corrected chi connectivity index (χ3v) is 4.15. The number of carbonyl (C=O) groups is 1. The van der Waals surface area contributed by atoms with Gasteiger partial charge >= 0.3 is 0 Å². The quantitative estimate of drug-likeness (QED) is 0.675. The van der Waals surface area contributed by atoms with Crippen LogP contribution < -0.4 is 0 Å². The molecule has 1 aromatic rings. The summed E-state index contributed by atoms with van der Waals surface area (Å²) in [5.41, 5.74) is 2.72. The minimum atomic E-state index is -0.0641. The van der Waals surface area contributed by atoms with Gasteiger partial charge in [-0.25, -0.2) is 0 Å². The standard InChI is InChI=1S/C15H17NO/c17-12-16-11-4-3-9-15(16)10-5-7-13-6-1-2-8-14(13)15/h1-2,4,6,8,11-12H,3,5,7,9-10H2. The minimum absolute atomic E-state index is 0.0641. The Bertz CT molecular complexity index is 466. The van der Waals surface area contributed by atoms with E-state index in [0.717, 1.165) is 32.1 Å². The van der Waals surface area contributed by atoms with Gasteiger partial charge in [0.05, 0.1) is 5.54 Å². The SMILES string of the molecule is O=CN1C=CCCC12CCCc1ccccc12. The Kier molecular flexibility index (Phi) is 2.50. The van der Waals surface area contributed by atoms with E-state index < -0.39 is 0 Å². The molecule has 88 valence electrons. The van der Waals surface area contributed by atoms with Crippen LogP contribution in [0.4, 0.5) is 0 Å². The zero-order chi connectivity index (χ0) is 11.7. The van der Waals surface area contributed by atoms with E-state index in [1.165, 1.54) is 17.5 Å². The van der Waals surface area contributed by atoms with Gasteiger partial charge < -0.3 is 4.90 Å². The number of amides is 1. The summed E-state index contributed by atoms with van der Waals surface area (Å²) in [6.07, 6.45) is 10.6. The summed E-state index contributed by atoms with van der Waals surface area (Å²) in [6.45, 7) is 0. The highest BCUT2D eigenvalue weighted by molar-refractivity contribution is 5.54. The Labute approximate surface area is 102 Å². The smallest absolute Gasteiger partial charge is 0.214 e. The van der Waals surface area contributed by atoms with E-state index in [-0.39, 0.29) is 5.54 Å². The Morgan fingerprint density at radius 3 is 3.00 bits per heavy atom. The van der Waals surface area contributed by atoms with Crippen LogP contribution in [0.15, 0.2) is 36.5 Å². The van der Waals surface area contributed by atoms with E-state index in [2.05, 4.69) is 30.3 Å². The molecule has 2 heteroatoms. The molecule has 3 rings (SSSR count). The van der Waals surface area contributed by atoms with Gasteiger partial charge in [-0.15, -0.1) is 0 Å². The number of rotatable bonds is 1. The van der Waals surface area contributed by atoms with Gasteiger partial charge in [-0.05, 0) is 43.2 Å². The molecule has 2 nitrogen and oxygen atoms in total.